The van der Waals surface area contributed by atoms with E-state index in [-0.39, 0.29) is 6.04 Å². The highest BCUT2D eigenvalue weighted by atomic mass is 32.2. The maximum Gasteiger partial charge on any atom is 0.279 e. The van der Waals surface area contributed by atoms with Crippen LogP contribution in [0.4, 0.5) is 0 Å². The summed E-state index contributed by atoms with van der Waals surface area (Å²) in [6.07, 6.45) is 1.59. The molecule has 2 rings (SSSR count). The minimum Gasteiger partial charge on any atom is -0.465 e. The topological polar surface area (TPSA) is 75.0 Å². The van der Waals surface area contributed by atoms with E-state index in [2.05, 4.69) is 9.62 Å². The maximum absolute atomic E-state index is 12.7. The largest absolute Gasteiger partial charge is 0.465 e. The average Bonchev–Trinajstić information content (AvgIpc) is 3.02. The summed E-state index contributed by atoms with van der Waals surface area (Å²) in [6.45, 7) is 10.1. The first-order valence-electron chi connectivity index (χ1n) is 9.10. The third-order valence-electron chi connectivity index (χ3n) is 4.32. The van der Waals surface area contributed by atoms with Crippen molar-refractivity contribution in [3.8, 4) is 0 Å². The van der Waals surface area contributed by atoms with E-state index in [0.29, 0.717) is 32.8 Å². The Morgan fingerprint density at radius 2 is 1.84 bits per heavy atom. The zero-order valence-electron chi connectivity index (χ0n) is 15.5. The molecule has 1 aromatic rings. The van der Waals surface area contributed by atoms with Crippen LogP contribution >= 0.6 is 0 Å². The highest BCUT2D eigenvalue weighted by Gasteiger charge is 2.28. The Morgan fingerprint density at radius 1 is 1.20 bits per heavy atom. The van der Waals surface area contributed by atoms with Gasteiger partial charge >= 0.3 is 0 Å². The van der Waals surface area contributed by atoms with Crippen LogP contribution in [0, 0.1) is 6.92 Å². The molecule has 0 radical (unpaired) electrons. The summed E-state index contributed by atoms with van der Waals surface area (Å²) in [5.74, 6) is 1.62. The molecule has 144 valence electrons. The minimum atomic E-state index is -3.50. The first-order chi connectivity index (χ1) is 12.0. The van der Waals surface area contributed by atoms with Crippen LogP contribution in [0.3, 0.4) is 0 Å². The van der Waals surface area contributed by atoms with Crippen LogP contribution in [0.25, 0.3) is 0 Å². The summed E-state index contributed by atoms with van der Waals surface area (Å²) in [5.41, 5.74) is 0. The molecule has 1 fully saturated rings. The number of nitrogens with one attached hydrogen (secondary N) is 1. The number of ether oxygens (including phenoxy) is 1. The van der Waals surface area contributed by atoms with Crippen LogP contribution in [-0.2, 0) is 14.9 Å². The summed E-state index contributed by atoms with van der Waals surface area (Å²) in [4.78, 5) is 2.22. The van der Waals surface area contributed by atoms with Gasteiger partial charge in [-0.05, 0) is 31.9 Å². The number of aryl methyl sites for hydroxylation is 1. The molecule has 2 heterocycles. The zero-order chi connectivity index (χ0) is 18.3. The average molecular weight is 374 g/mol. The smallest absolute Gasteiger partial charge is 0.279 e. The van der Waals surface area contributed by atoms with E-state index in [4.69, 9.17) is 9.15 Å². The van der Waals surface area contributed by atoms with Crippen LogP contribution in [-0.4, -0.2) is 63.6 Å². The van der Waals surface area contributed by atoms with Crippen molar-refractivity contribution in [2.75, 3.05) is 45.9 Å². The molecule has 1 aromatic heterocycles. The number of furan rings is 1. The quantitative estimate of drug-likeness (QED) is 0.678. The molecule has 0 spiro atoms. The SMILES string of the molecule is CCCN(CCC)S(=O)(=O)NC[C@H](c1ccc(C)o1)N1CCOCC1. The van der Waals surface area contributed by atoms with Gasteiger partial charge in [0.1, 0.15) is 11.5 Å². The Kier molecular flexibility index (Phi) is 7.89. The molecule has 0 bridgehead atoms. The molecule has 1 aliphatic rings. The van der Waals surface area contributed by atoms with Crippen molar-refractivity contribution in [3.05, 3.63) is 23.7 Å². The molecule has 0 saturated carbocycles. The van der Waals surface area contributed by atoms with Gasteiger partial charge in [0.2, 0.25) is 0 Å². The van der Waals surface area contributed by atoms with E-state index < -0.39 is 10.2 Å². The second-order valence-electron chi connectivity index (χ2n) is 6.37. The Balaban J connectivity index is 2.10. The maximum atomic E-state index is 12.7. The zero-order valence-corrected chi connectivity index (χ0v) is 16.3. The summed E-state index contributed by atoms with van der Waals surface area (Å²) in [5, 5.41) is 0. The number of rotatable bonds is 10. The lowest BCUT2D eigenvalue weighted by atomic mass is 10.2. The first kappa shape index (κ1) is 20.4. The van der Waals surface area contributed by atoms with E-state index in [9.17, 15) is 8.42 Å². The van der Waals surface area contributed by atoms with E-state index in [1.807, 2.05) is 32.9 Å². The predicted molar refractivity (Wildman–Crippen MR) is 97.7 cm³/mol. The normalized spacial score (nSPS) is 17.9. The van der Waals surface area contributed by atoms with Crippen LogP contribution in [0.1, 0.15) is 44.3 Å². The molecule has 7 nitrogen and oxygen atoms in total. The van der Waals surface area contributed by atoms with Gasteiger partial charge < -0.3 is 9.15 Å². The number of hydrogen-bond donors (Lipinski definition) is 1. The fourth-order valence-electron chi connectivity index (χ4n) is 3.06. The second-order valence-corrected chi connectivity index (χ2v) is 8.12. The van der Waals surface area contributed by atoms with Crippen LogP contribution in [0.15, 0.2) is 16.5 Å². The molecular weight excluding hydrogens is 342 g/mol. The van der Waals surface area contributed by atoms with E-state index in [0.717, 1.165) is 37.5 Å². The van der Waals surface area contributed by atoms with Crippen LogP contribution < -0.4 is 4.72 Å². The van der Waals surface area contributed by atoms with Gasteiger partial charge in [0.25, 0.3) is 10.2 Å². The Morgan fingerprint density at radius 3 is 2.36 bits per heavy atom. The van der Waals surface area contributed by atoms with Gasteiger partial charge in [-0.25, -0.2) is 4.72 Å². The lowest BCUT2D eigenvalue weighted by Crippen LogP contribution is -2.47. The molecule has 0 amide bonds. The minimum absolute atomic E-state index is 0.127. The van der Waals surface area contributed by atoms with Crippen molar-refractivity contribution in [3.63, 3.8) is 0 Å². The molecule has 1 saturated heterocycles. The molecule has 0 aromatic carbocycles. The van der Waals surface area contributed by atoms with Crippen molar-refractivity contribution in [2.45, 2.75) is 39.7 Å². The van der Waals surface area contributed by atoms with E-state index in [1.165, 1.54) is 4.31 Å². The van der Waals surface area contributed by atoms with Crippen molar-refractivity contribution < 1.29 is 17.6 Å². The van der Waals surface area contributed by atoms with Gasteiger partial charge in [0.15, 0.2) is 0 Å². The van der Waals surface area contributed by atoms with E-state index in [1.54, 1.807) is 0 Å². The molecule has 1 aliphatic heterocycles. The van der Waals surface area contributed by atoms with Gasteiger partial charge in [-0.15, -0.1) is 0 Å². The first-order valence-corrected chi connectivity index (χ1v) is 10.5. The molecule has 0 aliphatic carbocycles. The third kappa shape index (κ3) is 5.79. The second kappa shape index (κ2) is 9.68. The molecule has 0 unspecified atom stereocenters. The van der Waals surface area contributed by atoms with Gasteiger partial charge in [-0.3, -0.25) is 4.90 Å². The van der Waals surface area contributed by atoms with Gasteiger partial charge in [-0.1, -0.05) is 13.8 Å². The van der Waals surface area contributed by atoms with Crippen molar-refractivity contribution in [2.24, 2.45) is 0 Å². The predicted octanol–water partition coefficient (Wildman–Crippen LogP) is 1.92. The van der Waals surface area contributed by atoms with Gasteiger partial charge in [-0.2, -0.15) is 12.7 Å². The lowest BCUT2D eigenvalue weighted by molar-refractivity contribution is 0.0126. The molecule has 1 atom stereocenters. The molecule has 8 heteroatoms. The summed E-state index contributed by atoms with van der Waals surface area (Å²) >= 11 is 0. The Hall–Kier alpha value is -0.930. The van der Waals surface area contributed by atoms with Crippen molar-refractivity contribution in [1.29, 1.82) is 0 Å². The van der Waals surface area contributed by atoms with Crippen LogP contribution in [0.2, 0.25) is 0 Å². The van der Waals surface area contributed by atoms with Crippen molar-refractivity contribution >= 4 is 10.2 Å². The third-order valence-corrected chi connectivity index (χ3v) is 5.90. The van der Waals surface area contributed by atoms with E-state index >= 15 is 0 Å². The fraction of sp³-hybridized carbons (Fsp3) is 0.765. The fourth-order valence-corrected chi connectivity index (χ4v) is 4.45. The van der Waals surface area contributed by atoms with Gasteiger partial charge in [0.05, 0.1) is 19.3 Å². The molecular formula is C17H31N3O4S. The summed E-state index contributed by atoms with van der Waals surface area (Å²) < 4.78 is 40.9. The summed E-state index contributed by atoms with van der Waals surface area (Å²) in [7, 11) is -3.50. The Bertz CT molecular complexity index is 605. The monoisotopic (exact) mass is 373 g/mol. The lowest BCUT2D eigenvalue weighted by Gasteiger charge is -2.34. The highest BCUT2D eigenvalue weighted by molar-refractivity contribution is 7.87. The number of morpholine rings is 1. The highest BCUT2D eigenvalue weighted by Crippen LogP contribution is 2.23. The number of nitrogens with zero attached hydrogens (tertiary/aromatic N) is 2. The van der Waals surface area contributed by atoms with Gasteiger partial charge in [0, 0.05) is 32.7 Å². The Labute approximate surface area is 151 Å². The number of hydrogen-bond acceptors (Lipinski definition) is 5. The van der Waals surface area contributed by atoms with Crippen molar-refractivity contribution in [1.82, 2.24) is 13.9 Å². The molecule has 1 N–H and O–H groups in total. The van der Waals surface area contributed by atoms with Crippen LogP contribution in [0.5, 0.6) is 0 Å². The standard InChI is InChI=1S/C17H31N3O4S/c1-4-8-20(9-5-2)25(21,22)18-14-16(17-7-6-15(3)24-17)19-10-12-23-13-11-19/h6-7,16,18H,4-5,8-14H2,1-3H3/t16-/m1/s1. The molecule has 25 heavy (non-hydrogen) atoms. The summed E-state index contributed by atoms with van der Waals surface area (Å²) in [6, 6.07) is 3.72.